The molecule has 11 aromatic rings. The SMILES string of the molecule is c1ccc(N(c2ccc(-c3cccc4ccccc34)cc2)c2ccc(-c3cccc4ccccc34)cc2)c(-c2cc3c4ccccc4oc3c3ccccc23)c1. The van der Waals surface area contributed by atoms with Crippen LogP contribution in [0.1, 0.15) is 0 Å². The van der Waals surface area contributed by atoms with Gasteiger partial charge in [0.15, 0.2) is 0 Å². The van der Waals surface area contributed by atoms with Gasteiger partial charge < -0.3 is 9.32 Å². The van der Waals surface area contributed by atoms with Gasteiger partial charge in [-0.25, -0.2) is 0 Å². The molecule has 0 saturated heterocycles. The largest absolute Gasteiger partial charge is 0.455 e. The zero-order valence-electron chi connectivity index (χ0n) is 30.6. The molecule has 0 fully saturated rings. The lowest BCUT2D eigenvalue weighted by Crippen LogP contribution is -2.11. The zero-order valence-corrected chi connectivity index (χ0v) is 30.6. The summed E-state index contributed by atoms with van der Waals surface area (Å²) in [4.78, 5) is 2.40. The van der Waals surface area contributed by atoms with E-state index in [4.69, 9.17) is 4.42 Å². The average molecular weight is 714 g/mol. The van der Waals surface area contributed by atoms with Gasteiger partial charge in [0.2, 0.25) is 0 Å². The standard InChI is InChI=1S/C54H35NO/c1-3-17-42-36(13-1)15-11-23-44(42)38-27-31-40(32-28-38)55(41-33-29-39(30-34-41)45-24-12-16-37-14-2-4-18-43(37)45)52-25-9-7-20-47(52)50-35-51-48-21-8-10-26-53(48)56-54(51)49-22-6-5-19-46(49)50/h1-35H. The molecule has 2 heteroatoms. The predicted molar refractivity (Wildman–Crippen MR) is 237 cm³/mol. The van der Waals surface area contributed by atoms with Crippen molar-refractivity contribution in [3.05, 3.63) is 212 Å². The van der Waals surface area contributed by atoms with Crippen LogP contribution in [0.4, 0.5) is 17.1 Å². The summed E-state index contributed by atoms with van der Waals surface area (Å²) in [6, 6.07) is 76.5. The van der Waals surface area contributed by atoms with Crippen LogP contribution in [0, 0.1) is 0 Å². The second-order valence-corrected chi connectivity index (χ2v) is 14.4. The van der Waals surface area contributed by atoms with Crippen LogP contribution in [0.2, 0.25) is 0 Å². The molecule has 10 aromatic carbocycles. The number of para-hydroxylation sites is 2. The number of furan rings is 1. The Kier molecular flexibility index (Phi) is 7.53. The first-order valence-corrected chi connectivity index (χ1v) is 19.2. The lowest BCUT2D eigenvalue weighted by Gasteiger charge is -2.28. The van der Waals surface area contributed by atoms with E-state index < -0.39 is 0 Å². The van der Waals surface area contributed by atoms with Crippen LogP contribution in [0.25, 0.3) is 87.6 Å². The molecule has 2 nitrogen and oxygen atoms in total. The second-order valence-electron chi connectivity index (χ2n) is 14.4. The van der Waals surface area contributed by atoms with Crippen LogP contribution in [0.5, 0.6) is 0 Å². The number of rotatable bonds is 6. The summed E-state index contributed by atoms with van der Waals surface area (Å²) in [6.07, 6.45) is 0. The molecule has 11 rings (SSSR count). The Bertz CT molecular complexity index is 3110. The molecule has 0 atom stereocenters. The minimum atomic E-state index is 0.900. The Labute approximate surface area is 325 Å². The summed E-state index contributed by atoms with van der Waals surface area (Å²) in [5.74, 6) is 0. The number of hydrogen-bond acceptors (Lipinski definition) is 2. The lowest BCUT2D eigenvalue weighted by atomic mass is 9.93. The molecule has 1 aromatic heterocycles. The van der Waals surface area contributed by atoms with Gasteiger partial charge in [0, 0.05) is 33.1 Å². The number of fused-ring (bicyclic) bond motifs is 7. The van der Waals surface area contributed by atoms with E-state index in [1.807, 2.05) is 6.07 Å². The van der Waals surface area contributed by atoms with Crippen molar-refractivity contribution in [2.75, 3.05) is 4.90 Å². The van der Waals surface area contributed by atoms with Gasteiger partial charge in [0.05, 0.1) is 5.69 Å². The molecular weight excluding hydrogens is 679 g/mol. The lowest BCUT2D eigenvalue weighted by molar-refractivity contribution is 0.672. The topological polar surface area (TPSA) is 16.4 Å². The molecule has 0 saturated carbocycles. The maximum Gasteiger partial charge on any atom is 0.143 e. The fourth-order valence-electron chi connectivity index (χ4n) is 8.63. The molecule has 0 aliphatic rings. The molecule has 56 heavy (non-hydrogen) atoms. The molecule has 0 unspecified atom stereocenters. The molecular formula is C54H35NO. The summed E-state index contributed by atoms with van der Waals surface area (Å²) in [6.45, 7) is 0. The van der Waals surface area contributed by atoms with E-state index in [-0.39, 0.29) is 0 Å². The van der Waals surface area contributed by atoms with E-state index in [2.05, 4.69) is 211 Å². The number of nitrogens with zero attached hydrogens (tertiary/aromatic N) is 1. The molecule has 0 radical (unpaired) electrons. The van der Waals surface area contributed by atoms with Crippen molar-refractivity contribution in [1.82, 2.24) is 0 Å². The van der Waals surface area contributed by atoms with Crippen LogP contribution in [0.3, 0.4) is 0 Å². The molecule has 0 aliphatic carbocycles. The fraction of sp³-hybridized carbons (Fsp3) is 0. The molecule has 0 amide bonds. The van der Waals surface area contributed by atoms with Crippen LogP contribution < -0.4 is 4.90 Å². The highest BCUT2D eigenvalue weighted by Gasteiger charge is 2.21. The van der Waals surface area contributed by atoms with Gasteiger partial charge >= 0.3 is 0 Å². The predicted octanol–water partition coefficient (Wildman–Crippen LogP) is 15.5. The Morgan fingerprint density at radius 3 is 1.39 bits per heavy atom. The van der Waals surface area contributed by atoms with Gasteiger partial charge in [0.25, 0.3) is 0 Å². The monoisotopic (exact) mass is 713 g/mol. The van der Waals surface area contributed by atoms with Gasteiger partial charge in [-0.1, -0.05) is 170 Å². The highest BCUT2D eigenvalue weighted by atomic mass is 16.3. The van der Waals surface area contributed by atoms with Gasteiger partial charge in [-0.3, -0.25) is 0 Å². The summed E-state index contributed by atoms with van der Waals surface area (Å²) in [5.41, 5.74) is 12.2. The van der Waals surface area contributed by atoms with Crippen molar-refractivity contribution >= 4 is 71.3 Å². The van der Waals surface area contributed by atoms with E-state index in [0.29, 0.717) is 0 Å². The Morgan fingerprint density at radius 2 is 0.768 bits per heavy atom. The fourth-order valence-corrected chi connectivity index (χ4v) is 8.63. The van der Waals surface area contributed by atoms with E-state index in [9.17, 15) is 0 Å². The summed E-state index contributed by atoms with van der Waals surface area (Å²) < 4.78 is 6.51. The highest BCUT2D eigenvalue weighted by molar-refractivity contribution is 6.20. The van der Waals surface area contributed by atoms with Crippen LogP contribution in [-0.4, -0.2) is 0 Å². The van der Waals surface area contributed by atoms with E-state index in [1.165, 1.54) is 49.4 Å². The van der Waals surface area contributed by atoms with E-state index >= 15 is 0 Å². The second kappa shape index (κ2) is 13.2. The minimum Gasteiger partial charge on any atom is -0.455 e. The maximum atomic E-state index is 6.51. The average Bonchev–Trinajstić information content (AvgIpc) is 3.65. The van der Waals surface area contributed by atoms with Crippen molar-refractivity contribution in [2.45, 2.75) is 0 Å². The molecule has 0 bridgehead atoms. The van der Waals surface area contributed by atoms with Gasteiger partial charge in [-0.15, -0.1) is 0 Å². The number of benzene rings is 10. The normalized spacial score (nSPS) is 11.6. The third-order valence-corrected chi connectivity index (χ3v) is 11.3. The van der Waals surface area contributed by atoms with Gasteiger partial charge in [0.1, 0.15) is 11.2 Å². The van der Waals surface area contributed by atoms with Crippen molar-refractivity contribution < 1.29 is 4.42 Å². The first kappa shape index (κ1) is 32.0. The summed E-state index contributed by atoms with van der Waals surface area (Å²) in [7, 11) is 0. The molecule has 1 heterocycles. The van der Waals surface area contributed by atoms with Crippen LogP contribution >= 0.6 is 0 Å². The first-order valence-electron chi connectivity index (χ1n) is 19.2. The third kappa shape index (κ3) is 5.26. The minimum absolute atomic E-state index is 0.900. The zero-order chi connectivity index (χ0) is 37.0. The summed E-state index contributed by atoms with van der Waals surface area (Å²) >= 11 is 0. The molecule has 262 valence electrons. The third-order valence-electron chi connectivity index (χ3n) is 11.3. The van der Waals surface area contributed by atoms with Crippen LogP contribution in [0.15, 0.2) is 217 Å². The van der Waals surface area contributed by atoms with Gasteiger partial charge in [-0.05, 0) is 97.2 Å². The van der Waals surface area contributed by atoms with E-state index in [0.717, 1.165) is 55.3 Å². The van der Waals surface area contributed by atoms with Crippen molar-refractivity contribution in [3.63, 3.8) is 0 Å². The van der Waals surface area contributed by atoms with Crippen molar-refractivity contribution in [3.8, 4) is 33.4 Å². The molecule has 0 aliphatic heterocycles. The number of anilines is 3. The van der Waals surface area contributed by atoms with Crippen LogP contribution in [-0.2, 0) is 0 Å². The Balaban J connectivity index is 1.11. The quantitative estimate of drug-likeness (QED) is 0.171. The van der Waals surface area contributed by atoms with Crippen molar-refractivity contribution in [1.29, 1.82) is 0 Å². The van der Waals surface area contributed by atoms with Gasteiger partial charge in [-0.2, -0.15) is 0 Å². The number of hydrogen-bond donors (Lipinski definition) is 0. The Morgan fingerprint density at radius 1 is 0.304 bits per heavy atom. The summed E-state index contributed by atoms with van der Waals surface area (Å²) in [5, 5.41) is 9.49. The molecule has 0 spiro atoms. The smallest absolute Gasteiger partial charge is 0.143 e. The Hall–Kier alpha value is -7.42. The van der Waals surface area contributed by atoms with Crippen molar-refractivity contribution in [2.24, 2.45) is 0 Å². The molecule has 0 N–H and O–H groups in total. The van der Waals surface area contributed by atoms with E-state index in [1.54, 1.807) is 0 Å². The maximum absolute atomic E-state index is 6.51. The first-order chi connectivity index (χ1) is 27.8. The highest BCUT2D eigenvalue weighted by Crippen LogP contribution is 2.46.